The predicted molar refractivity (Wildman–Crippen MR) is 74.1 cm³/mol. The van der Waals surface area contributed by atoms with Gasteiger partial charge in [-0.15, -0.1) is 0 Å². The Balaban J connectivity index is 3.35. The zero-order valence-electron chi connectivity index (χ0n) is 11.4. The average Bonchev–Trinajstić information content (AvgIpc) is 2.27. The summed E-state index contributed by atoms with van der Waals surface area (Å²) < 4.78 is 0. The van der Waals surface area contributed by atoms with Gasteiger partial charge in [-0.05, 0) is 73.9 Å². The summed E-state index contributed by atoms with van der Waals surface area (Å²) >= 11 is 0. The van der Waals surface area contributed by atoms with Crippen LogP contribution in [0.2, 0.25) is 0 Å². The molecule has 0 aliphatic rings. The van der Waals surface area contributed by atoms with E-state index in [2.05, 4.69) is 41.2 Å². The van der Waals surface area contributed by atoms with E-state index in [9.17, 15) is 0 Å². The molecule has 0 saturated heterocycles. The van der Waals surface area contributed by atoms with Crippen LogP contribution in [0.3, 0.4) is 0 Å². The standard InChI is InChI=1S/C16H24/c1-7-9-10-16-13(5)11(3)15(8-2)12(4)14(16)6/h8H,2,7,9-10H2,1,3-6H3. The molecule has 0 heteroatoms. The zero-order valence-corrected chi connectivity index (χ0v) is 11.4. The van der Waals surface area contributed by atoms with E-state index in [1.165, 1.54) is 47.1 Å². The molecule has 0 radical (unpaired) electrons. The molecule has 0 aliphatic carbocycles. The van der Waals surface area contributed by atoms with Gasteiger partial charge in [-0.1, -0.05) is 26.0 Å². The van der Waals surface area contributed by atoms with Crippen molar-refractivity contribution in [1.29, 1.82) is 0 Å². The van der Waals surface area contributed by atoms with Crippen LogP contribution in [-0.4, -0.2) is 0 Å². The van der Waals surface area contributed by atoms with Crippen molar-refractivity contribution in [3.8, 4) is 0 Å². The molecule has 1 aromatic carbocycles. The van der Waals surface area contributed by atoms with Gasteiger partial charge in [0.25, 0.3) is 0 Å². The minimum absolute atomic E-state index is 1.22. The summed E-state index contributed by atoms with van der Waals surface area (Å²) in [5.74, 6) is 0. The minimum atomic E-state index is 1.22. The first-order valence-corrected chi connectivity index (χ1v) is 6.26. The van der Waals surface area contributed by atoms with Crippen molar-refractivity contribution in [2.45, 2.75) is 53.9 Å². The molecule has 1 rings (SSSR count). The van der Waals surface area contributed by atoms with Gasteiger partial charge in [-0.25, -0.2) is 0 Å². The number of benzene rings is 1. The van der Waals surface area contributed by atoms with Crippen LogP contribution in [-0.2, 0) is 6.42 Å². The lowest BCUT2D eigenvalue weighted by atomic mass is 9.87. The normalized spacial score (nSPS) is 10.6. The quantitative estimate of drug-likeness (QED) is 0.671. The van der Waals surface area contributed by atoms with Crippen molar-refractivity contribution in [3.63, 3.8) is 0 Å². The predicted octanol–water partition coefficient (Wildman–Crippen LogP) is 4.91. The van der Waals surface area contributed by atoms with Crippen LogP contribution in [0.1, 0.15) is 53.1 Å². The van der Waals surface area contributed by atoms with E-state index in [1.54, 1.807) is 5.56 Å². The summed E-state index contributed by atoms with van der Waals surface area (Å²) in [5, 5.41) is 0. The third kappa shape index (κ3) is 2.21. The van der Waals surface area contributed by atoms with Gasteiger partial charge in [0.2, 0.25) is 0 Å². The van der Waals surface area contributed by atoms with Crippen LogP contribution in [0.4, 0.5) is 0 Å². The summed E-state index contributed by atoms with van der Waals surface area (Å²) in [6.45, 7) is 15.1. The Hall–Kier alpha value is -1.04. The molecule has 0 amide bonds. The Morgan fingerprint density at radius 3 is 1.81 bits per heavy atom. The summed E-state index contributed by atoms with van der Waals surface area (Å²) in [7, 11) is 0. The van der Waals surface area contributed by atoms with E-state index in [1.807, 2.05) is 6.08 Å². The van der Waals surface area contributed by atoms with E-state index in [-0.39, 0.29) is 0 Å². The van der Waals surface area contributed by atoms with Gasteiger partial charge in [0.15, 0.2) is 0 Å². The molecule has 0 nitrogen and oxygen atoms in total. The van der Waals surface area contributed by atoms with Crippen LogP contribution >= 0.6 is 0 Å². The van der Waals surface area contributed by atoms with Crippen molar-refractivity contribution in [2.75, 3.05) is 0 Å². The molecule has 0 saturated carbocycles. The fourth-order valence-corrected chi connectivity index (χ4v) is 2.45. The van der Waals surface area contributed by atoms with Crippen molar-refractivity contribution >= 4 is 6.08 Å². The Morgan fingerprint density at radius 2 is 1.44 bits per heavy atom. The maximum Gasteiger partial charge on any atom is -0.0198 e. The summed E-state index contributed by atoms with van der Waals surface area (Å²) in [4.78, 5) is 0. The molecule has 0 fully saturated rings. The Labute approximate surface area is 100 Å². The number of hydrogen-bond donors (Lipinski definition) is 0. The lowest BCUT2D eigenvalue weighted by Crippen LogP contribution is -2.02. The molecular weight excluding hydrogens is 192 g/mol. The SMILES string of the molecule is C=Cc1c(C)c(C)c(CCCC)c(C)c1C. The molecule has 0 atom stereocenters. The highest BCUT2D eigenvalue weighted by atomic mass is 14.2. The van der Waals surface area contributed by atoms with Crippen LogP contribution in [0, 0.1) is 27.7 Å². The van der Waals surface area contributed by atoms with Crippen molar-refractivity contribution in [1.82, 2.24) is 0 Å². The van der Waals surface area contributed by atoms with E-state index in [4.69, 9.17) is 0 Å². The maximum atomic E-state index is 3.93. The molecule has 1 aromatic rings. The second kappa shape index (κ2) is 5.34. The van der Waals surface area contributed by atoms with Crippen LogP contribution in [0.25, 0.3) is 6.08 Å². The number of rotatable bonds is 4. The zero-order chi connectivity index (χ0) is 12.3. The Morgan fingerprint density at radius 1 is 0.938 bits per heavy atom. The lowest BCUT2D eigenvalue weighted by molar-refractivity contribution is 0.785. The maximum absolute atomic E-state index is 3.93. The fraction of sp³-hybridized carbons (Fsp3) is 0.500. The number of unbranched alkanes of at least 4 members (excludes halogenated alkanes) is 1. The van der Waals surface area contributed by atoms with E-state index in [0.717, 1.165) is 0 Å². The third-order valence-electron chi connectivity index (χ3n) is 3.82. The van der Waals surface area contributed by atoms with E-state index < -0.39 is 0 Å². The van der Waals surface area contributed by atoms with Gasteiger partial charge in [0.05, 0.1) is 0 Å². The fourth-order valence-electron chi connectivity index (χ4n) is 2.45. The van der Waals surface area contributed by atoms with Crippen molar-refractivity contribution in [2.24, 2.45) is 0 Å². The first kappa shape index (κ1) is 13.0. The van der Waals surface area contributed by atoms with Crippen LogP contribution in [0.5, 0.6) is 0 Å². The summed E-state index contributed by atoms with van der Waals surface area (Å²) in [6.07, 6.45) is 5.76. The topological polar surface area (TPSA) is 0 Å². The largest absolute Gasteiger partial charge is 0.0984 e. The van der Waals surface area contributed by atoms with Crippen LogP contribution in [0.15, 0.2) is 6.58 Å². The first-order valence-electron chi connectivity index (χ1n) is 6.26. The molecule has 0 unspecified atom stereocenters. The van der Waals surface area contributed by atoms with E-state index >= 15 is 0 Å². The molecule has 16 heavy (non-hydrogen) atoms. The highest BCUT2D eigenvalue weighted by Crippen LogP contribution is 2.28. The summed E-state index contributed by atoms with van der Waals surface area (Å²) in [6, 6.07) is 0. The molecule has 0 aromatic heterocycles. The van der Waals surface area contributed by atoms with Crippen molar-refractivity contribution in [3.05, 3.63) is 40.0 Å². The highest BCUT2D eigenvalue weighted by Gasteiger charge is 2.12. The van der Waals surface area contributed by atoms with Gasteiger partial charge in [-0.3, -0.25) is 0 Å². The van der Waals surface area contributed by atoms with Crippen LogP contribution < -0.4 is 0 Å². The van der Waals surface area contributed by atoms with E-state index in [0.29, 0.717) is 0 Å². The Bertz CT molecular complexity index is 368. The molecule has 0 N–H and O–H groups in total. The minimum Gasteiger partial charge on any atom is -0.0984 e. The molecule has 0 aliphatic heterocycles. The summed E-state index contributed by atoms with van der Waals surface area (Å²) in [5.41, 5.74) is 8.63. The van der Waals surface area contributed by atoms with Gasteiger partial charge < -0.3 is 0 Å². The van der Waals surface area contributed by atoms with Gasteiger partial charge in [0.1, 0.15) is 0 Å². The molecule has 88 valence electrons. The van der Waals surface area contributed by atoms with Crippen molar-refractivity contribution < 1.29 is 0 Å². The van der Waals surface area contributed by atoms with Gasteiger partial charge in [-0.2, -0.15) is 0 Å². The lowest BCUT2D eigenvalue weighted by Gasteiger charge is -2.18. The Kier molecular flexibility index (Phi) is 4.35. The molecular formula is C16H24. The highest BCUT2D eigenvalue weighted by molar-refractivity contribution is 5.62. The smallest absolute Gasteiger partial charge is 0.0198 e. The van der Waals surface area contributed by atoms with Gasteiger partial charge in [0, 0.05) is 0 Å². The first-order chi connectivity index (χ1) is 7.54. The molecule has 0 bridgehead atoms. The monoisotopic (exact) mass is 216 g/mol. The average molecular weight is 216 g/mol. The second-order valence-corrected chi connectivity index (χ2v) is 4.70. The van der Waals surface area contributed by atoms with Gasteiger partial charge >= 0.3 is 0 Å². The molecule has 0 spiro atoms. The third-order valence-corrected chi connectivity index (χ3v) is 3.82. The second-order valence-electron chi connectivity index (χ2n) is 4.70. The number of hydrogen-bond acceptors (Lipinski definition) is 0. The molecule has 0 heterocycles.